The van der Waals surface area contributed by atoms with Crippen molar-refractivity contribution in [1.82, 2.24) is 84.7 Å². The van der Waals surface area contributed by atoms with Gasteiger partial charge in [0.05, 0.1) is 12.6 Å². The standard InChI is InChI=1S/C76H125N19O19/c1-38(2)32-45(37-96)84-59(103)49(27-30-55(78)99)87-66(110)71(10,11)92-63(107)51(33-39(3)4)86-60(104)48(26-29-54(77)98)85-57(101)41(7)82-65(109)73(14,15)94-70(114)76(20,21)91-62(106)50(28-31-56(79)100)88-67(111)72(12,13)93-64(108)52(34-40(5)6)89-68(112)74(16,17)95-69(113)75(18,19)90-58(102)42(8)81-61(105)53(83-43(9)97)35-44-36-80-47-25-23-22-24-46(44)47/h22-25,36,38-42,45,48-53,80,96H,26-35,37H2,1-21H3,(H2,77,98)(H2,78,99)(H2,79,100)(H,81,105)(H,82,109)(H,83,97)(H,84,103)(H,85,101)(H,86,104)(H,87,110)(H,88,111)(H,89,112)(H,90,102)(H,91,106)(H,92,107)(H,93,108)(H,94,114)(H,95,113)/t41-,42-,45+,48+,49-,50+,51+,52+,53-/m0/s1. The van der Waals surface area contributed by atoms with Crippen molar-refractivity contribution in [2.24, 2.45) is 35.0 Å². The number of benzene rings is 1. The molecule has 0 aliphatic rings. The topological polar surface area (TPSA) is 602 Å². The van der Waals surface area contributed by atoms with Crippen molar-refractivity contribution in [3.8, 4) is 0 Å². The lowest BCUT2D eigenvalue weighted by Crippen LogP contribution is -2.67. The molecule has 638 valence electrons. The number of aliphatic hydroxyl groups is 1. The second-order valence-electron chi connectivity index (χ2n) is 33.3. The van der Waals surface area contributed by atoms with E-state index in [1.54, 1.807) is 33.9 Å². The number of rotatable bonds is 47. The summed E-state index contributed by atoms with van der Waals surface area (Å²) in [6.07, 6.45) is -0.169. The lowest BCUT2D eigenvalue weighted by atomic mass is 9.96. The van der Waals surface area contributed by atoms with Gasteiger partial charge in [0.25, 0.3) is 0 Å². The highest BCUT2D eigenvalue weighted by Gasteiger charge is 2.44. The van der Waals surface area contributed by atoms with Crippen molar-refractivity contribution in [2.75, 3.05) is 6.61 Å². The first kappa shape index (κ1) is 99.3. The number of carbonyl (C=O) groups excluding carboxylic acids is 18. The molecule has 2 aromatic rings. The first-order chi connectivity index (χ1) is 52.3. The van der Waals surface area contributed by atoms with Crippen LogP contribution in [0.3, 0.4) is 0 Å². The fourth-order valence-electron chi connectivity index (χ4n) is 11.3. The Kier molecular flexibility index (Phi) is 37.3. The van der Waals surface area contributed by atoms with Crippen LogP contribution in [0.5, 0.6) is 0 Å². The fourth-order valence-corrected chi connectivity index (χ4v) is 11.3. The molecule has 0 bridgehead atoms. The molecule has 0 unspecified atom stereocenters. The third kappa shape index (κ3) is 32.7. The van der Waals surface area contributed by atoms with E-state index in [4.69, 9.17) is 17.2 Å². The number of hydrogen-bond donors (Lipinski definition) is 20. The van der Waals surface area contributed by atoms with Crippen LogP contribution in [0.2, 0.25) is 0 Å². The van der Waals surface area contributed by atoms with Gasteiger partial charge < -0.3 is 107 Å². The number of carbonyl (C=O) groups is 18. The molecule has 38 heteroatoms. The van der Waals surface area contributed by atoms with Crippen molar-refractivity contribution >= 4 is 117 Å². The van der Waals surface area contributed by atoms with Crippen LogP contribution in [-0.2, 0) is 92.7 Å². The number of amides is 18. The van der Waals surface area contributed by atoms with Crippen LogP contribution in [0.4, 0.5) is 0 Å². The van der Waals surface area contributed by atoms with Gasteiger partial charge in [-0.25, -0.2) is 0 Å². The molecule has 0 radical (unpaired) electrons. The first-order valence-electron chi connectivity index (χ1n) is 37.9. The maximum absolute atomic E-state index is 14.2. The molecule has 9 atom stereocenters. The van der Waals surface area contributed by atoms with Gasteiger partial charge in [-0.2, -0.15) is 0 Å². The van der Waals surface area contributed by atoms with E-state index in [9.17, 15) is 91.4 Å². The molecule has 2 rings (SSSR count). The molecule has 38 nitrogen and oxygen atoms in total. The summed E-state index contributed by atoms with van der Waals surface area (Å²) in [7, 11) is 0. The Morgan fingerprint density at radius 2 is 0.684 bits per heavy atom. The van der Waals surface area contributed by atoms with Crippen LogP contribution in [0.1, 0.15) is 209 Å². The third-order valence-corrected chi connectivity index (χ3v) is 18.2. The average molecular weight is 1610 g/mol. The molecule has 0 aliphatic heterocycles. The first-order valence-corrected chi connectivity index (χ1v) is 37.9. The van der Waals surface area contributed by atoms with Crippen LogP contribution >= 0.6 is 0 Å². The van der Waals surface area contributed by atoms with E-state index >= 15 is 0 Å². The van der Waals surface area contributed by atoms with Gasteiger partial charge >= 0.3 is 0 Å². The number of para-hydroxylation sites is 1. The van der Waals surface area contributed by atoms with Crippen LogP contribution < -0.4 is 97.0 Å². The predicted octanol–water partition coefficient (Wildman–Crippen LogP) is -2.57. The number of fused-ring (bicyclic) bond motifs is 1. The van der Waals surface area contributed by atoms with E-state index in [1.165, 1.54) is 104 Å². The van der Waals surface area contributed by atoms with Crippen molar-refractivity contribution in [3.05, 3.63) is 36.0 Å². The van der Waals surface area contributed by atoms with Crippen LogP contribution in [0.15, 0.2) is 30.5 Å². The molecule has 18 amide bonds. The molecule has 1 aromatic heterocycles. The Hall–Kier alpha value is -10.8. The lowest BCUT2D eigenvalue weighted by molar-refractivity contribution is -0.140. The number of H-pyrrole nitrogens is 1. The van der Waals surface area contributed by atoms with E-state index in [1.807, 2.05) is 38.1 Å². The van der Waals surface area contributed by atoms with Crippen molar-refractivity contribution in [3.63, 3.8) is 0 Å². The van der Waals surface area contributed by atoms with Crippen molar-refractivity contribution in [2.45, 2.75) is 297 Å². The number of aromatic nitrogens is 1. The summed E-state index contributed by atoms with van der Waals surface area (Å²) in [6, 6.07) is -4.41. The molecule has 0 spiro atoms. The zero-order valence-corrected chi connectivity index (χ0v) is 69.6. The summed E-state index contributed by atoms with van der Waals surface area (Å²) in [5.41, 5.74) is 6.77. The van der Waals surface area contributed by atoms with Crippen molar-refractivity contribution < 1.29 is 91.4 Å². The highest BCUT2D eigenvalue weighted by atomic mass is 16.3. The van der Waals surface area contributed by atoms with E-state index in [-0.39, 0.29) is 49.9 Å². The number of hydrogen-bond acceptors (Lipinski definition) is 19. The van der Waals surface area contributed by atoms with Crippen LogP contribution in [0.25, 0.3) is 10.9 Å². The van der Waals surface area contributed by atoms with E-state index in [0.717, 1.165) is 16.5 Å². The maximum Gasteiger partial charge on any atom is 0.246 e. The van der Waals surface area contributed by atoms with Crippen LogP contribution in [-0.4, -0.2) is 211 Å². The molecular weight excluding hydrogens is 1480 g/mol. The quantitative estimate of drug-likeness (QED) is 0.0324. The second-order valence-corrected chi connectivity index (χ2v) is 33.3. The Morgan fingerprint density at radius 3 is 1.10 bits per heavy atom. The van der Waals surface area contributed by atoms with Crippen molar-refractivity contribution in [1.29, 1.82) is 0 Å². The monoisotopic (exact) mass is 1610 g/mol. The maximum atomic E-state index is 14.2. The van der Waals surface area contributed by atoms with E-state index in [0.29, 0.717) is 6.42 Å². The zero-order valence-electron chi connectivity index (χ0n) is 69.6. The molecule has 1 heterocycles. The van der Waals surface area contributed by atoms with E-state index in [2.05, 4.69) is 84.7 Å². The normalized spacial score (nSPS) is 14.4. The Bertz CT molecular complexity index is 3840. The minimum absolute atomic E-state index is 0.00919. The van der Waals surface area contributed by atoms with Gasteiger partial charge in [0.15, 0.2) is 0 Å². The Labute approximate surface area is 665 Å². The number of nitrogens with one attached hydrogen (secondary N) is 16. The Morgan fingerprint density at radius 1 is 0.360 bits per heavy atom. The summed E-state index contributed by atoms with van der Waals surface area (Å²) in [6.45, 7) is 29.7. The SMILES string of the molecule is CC(=O)N[C@@H](Cc1c[nH]c2ccccc12)C(=O)N[C@@H](C)C(=O)NC(C)(C)C(=O)NC(C)(C)C(=O)N[C@H](CC(C)C)C(=O)NC(C)(C)C(=O)N[C@H](CCC(N)=O)C(=O)NC(C)(C)C(=O)NC(C)(C)C(=O)N[C@@H](C)C(=O)N[C@H](CCC(N)=O)C(=O)N[C@H](CC(C)C)C(=O)NC(C)(C)C(=O)N[C@@H](CCC(N)=O)C(=O)N[C@@H](CO)CC(C)C. The molecule has 1 aromatic carbocycles. The highest BCUT2D eigenvalue weighted by Crippen LogP contribution is 2.21. The highest BCUT2D eigenvalue weighted by molar-refractivity contribution is 6.03. The van der Waals surface area contributed by atoms with Gasteiger partial charge in [-0.05, 0) is 165 Å². The average Bonchev–Trinajstić information content (AvgIpc) is 1.46. The minimum atomic E-state index is -1.94. The number of nitrogens with two attached hydrogens (primary N) is 3. The second kappa shape index (κ2) is 42.9. The van der Waals surface area contributed by atoms with Crippen LogP contribution in [0, 0.1) is 17.8 Å². The molecule has 23 N–H and O–H groups in total. The Balaban J connectivity index is 2.23. The smallest absolute Gasteiger partial charge is 0.246 e. The molecule has 0 aliphatic carbocycles. The number of aromatic amines is 1. The summed E-state index contributed by atoms with van der Waals surface area (Å²) in [5, 5.41) is 49.0. The van der Waals surface area contributed by atoms with Gasteiger partial charge in [0.1, 0.15) is 81.6 Å². The van der Waals surface area contributed by atoms with Gasteiger partial charge in [-0.1, -0.05) is 59.7 Å². The molecule has 0 saturated heterocycles. The third-order valence-electron chi connectivity index (χ3n) is 18.2. The summed E-state index contributed by atoms with van der Waals surface area (Å²) in [4.78, 5) is 246. The largest absolute Gasteiger partial charge is 0.394 e. The minimum Gasteiger partial charge on any atom is -0.394 e. The molecule has 0 fully saturated rings. The fraction of sp³-hybridized carbons (Fsp3) is 0.658. The van der Waals surface area contributed by atoms with Gasteiger partial charge in [-0.15, -0.1) is 0 Å². The molecule has 114 heavy (non-hydrogen) atoms. The van der Waals surface area contributed by atoms with Gasteiger partial charge in [0.2, 0.25) is 106 Å². The van der Waals surface area contributed by atoms with Gasteiger partial charge in [-0.3, -0.25) is 86.3 Å². The van der Waals surface area contributed by atoms with Gasteiger partial charge in [0, 0.05) is 49.7 Å². The number of primary amides is 3. The zero-order chi connectivity index (χ0) is 87.7. The van der Waals surface area contributed by atoms with E-state index < -0.39 is 226 Å². The summed E-state index contributed by atoms with van der Waals surface area (Å²) < 4.78 is 0. The summed E-state index contributed by atoms with van der Waals surface area (Å²) in [5.74, 6) is -16.0. The lowest BCUT2D eigenvalue weighted by Gasteiger charge is -2.35. The predicted molar refractivity (Wildman–Crippen MR) is 420 cm³/mol. The number of aliphatic hydroxyl groups excluding tert-OH is 1. The summed E-state index contributed by atoms with van der Waals surface area (Å²) >= 11 is 0. The molecule has 0 saturated carbocycles. The molecular formula is C76H125N19O19.